The third-order valence-electron chi connectivity index (χ3n) is 2.31. The lowest BCUT2D eigenvalue weighted by Crippen LogP contribution is -2.44. The number of piperidine rings is 1. The molecule has 0 aromatic heterocycles. The molecule has 1 unspecified atom stereocenters. The van der Waals surface area contributed by atoms with Crippen LogP contribution in [0.15, 0.2) is 5.29 Å². The molecule has 5 heteroatoms. The molecule has 0 saturated carbocycles. The molecule has 1 heterocycles. The molecule has 1 atom stereocenters. The zero-order valence-electron chi connectivity index (χ0n) is 7.86. The van der Waals surface area contributed by atoms with Gasteiger partial charge in [-0.25, -0.2) is 0 Å². The Morgan fingerprint density at radius 3 is 2.69 bits per heavy atom. The Hall–Kier alpha value is -1.13. The van der Waals surface area contributed by atoms with Crippen molar-refractivity contribution in [2.24, 2.45) is 16.6 Å². The van der Waals surface area contributed by atoms with Crippen LogP contribution in [0.5, 0.6) is 0 Å². The van der Waals surface area contributed by atoms with E-state index in [4.69, 9.17) is 5.11 Å². The van der Waals surface area contributed by atoms with Gasteiger partial charge in [-0.05, 0) is 11.8 Å². The summed E-state index contributed by atoms with van der Waals surface area (Å²) in [5.41, 5.74) is -0.144. The molecular weight excluding hydrogens is 172 g/mol. The number of aliphatic carboxylic acids is 1. The topological polar surface area (TPSA) is 70.0 Å². The quantitative estimate of drug-likeness (QED) is 0.655. The zero-order chi connectivity index (χ0) is 10.1. The van der Waals surface area contributed by atoms with E-state index in [0.717, 1.165) is 0 Å². The maximum atomic E-state index is 10.7. The summed E-state index contributed by atoms with van der Waals surface area (Å²) in [5, 5.41) is 12.9. The number of carbonyl (C=O) groups is 1. The molecule has 1 aliphatic heterocycles. The average molecular weight is 186 g/mol. The van der Waals surface area contributed by atoms with Gasteiger partial charge >= 0.3 is 5.97 Å². The standard InChI is InChI=1S/C8H14N2O3/c1-8(2)3-6(7(11)12)4-10(5-8)9-13/h6H,3-5H2,1-2H3,(H,11,12). The minimum atomic E-state index is -0.846. The molecule has 0 radical (unpaired) electrons. The van der Waals surface area contributed by atoms with Crippen LogP contribution in [0, 0.1) is 16.2 Å². The van der Waals surface area contributed by atoms with Crippen LogP contribution >= 0.6 is 0 Å². The summed E-state index contributed by atoms with van der Waals surface area (Å²) in [7, 11) is 0. The van der Waals surface area contributed by atoms with E-state index in [1.54, 1.807) is 0 Å². The second-order valence-corrected chi connectivity index (χ2v) is 4.33. The third-order valence-corrected chi connectivity index (χ3v) is 2.31. The van der Waals surface area contributed by atoms with Gasteiger partial charge in [0, 0.05) is 6.54 Å². The van der Waals surface area contributed by atoms with E-state index in [9.17, 15) is 9.70 Å². The van der Waals surface area contributed by atoms with Crippen molar-refractivity contribution in [1.82, 2.24) is 5.01 Å². The monoisotopic (exact) mass is 186 g/mol. The van der Waals surface area contributed by atoms with Gasteiger partial charge in [0.15, 0.2) is 0 Å². The van der Waals surface area contributed by atoms with E-state index < -0.39 is 11.9 Å². The van der Waals surface area contributed by atoms with Crippen molar-refractivity contribution < 1.29 is 9.90 Å². The van der Waals surface area contributed by atoms with Gasteiger partial charge in [-0.15, -0.1) is 4.91 Å². The highest BCUT2D eigenvalue weighted by Crippen LogP contribution is 2.32. The van der Waals surface area contributed by atoms with Crippen LogP contribution in [-0.2, 0) is 4.79 Å². The lowest BCUT2D eigenvalue weighted by atomic mass is 9.79. The molecule has 0 spiro atoms. The van der Waals surface area contributed by atoms with Gasteiger partial charge in [0.1, 0.15) is 0 Å². The molecule has 74 valence electrons. The van der Waals surface area contributed by atoms with Gasteiger partial charge in [0.2, 0.25) is 0 Å². The molecule has 1 saturated heterocycles. The predicted octanol–water partition coefficient (Wildman–Crippen LogP) is 1.10. The van der Waals surface area contributed by atoms with Crippen LogP contribution in [-0.4, -0.2) is 29.2 Å². The fourth-order valence-electron chi connectivity index (χ4n) is 1.84. The van der Waals surface area contributed by atoms with Crippen molar-refractivity contribution in [2.75, 3.05) is 13.1 Å². The van der Waals surface area contributed by atoms with Crippen LogP contribution in [0.25, 0.3) is 0 Å². The molecule has 1 rings (SSSR count). The molecule has 13 heavy (non-hydrogen) atoms. The Balaban J connectivity index is 2.70. The SMILES string of the molecule is CC1(C)CC(C(=O)O)CN(N=O)C1. The van der Waals surface area contributed by atoms with Gasteiger partial charge in [0.25, 0.3) is 0 Å². The molecular formula is C8H14N2O3. The van der Waals surface area contributed by atoms with Gasteiger partial charge in [-0.3, -0.25) is 9.80 Å². The number of nitroso groups, excluding NO2 is 1. The summed E-state index contributed by atoms with van der Waals surface area (Å²) in [6.07, 6.45) is 0.606. The molecule has 0 aromatic rings. The summed E-state index contributed by atoms with van der Waals surface area (Å²) >= 11 is 0. The Morgan fingerprint density at radius 1 is 1.62 bits per heavy atom. The van der Waals surface area contributed by atoms with Crippen LogP contribution < -0.4 is 0 Å². The number of carboxylic acid groups (broad SMARTS) is 1. The summed E-state index contributed by atoms with van der Waals surface area (Å²) < 4.78 is 0. The predicted molar refractivity (Wildman–Crippen MR) is 46.9 cm³/mol. The number of hydrogen-bond donors (Lipinski definition) is 1. The molecule has 0 aliphatic carbocycles. The second kappa shape index (κ2) is 3.32. The van der Waals surface area contributed by atoms with Gasteiger partial charge in [-0.1, -0.05) is 13.8 Å². The first kappa shape index (κ1) is 9.95. The van der Waals surface area contributed by atoms with E-state index in [0.29, 0.717) is 13.0 Å². The van der Waals surface area contributed by atoms with E-state index in [2.05, 4.69) is 5.29 Å². The van der Waals surface area contributed by atoms with Crippen molar-refractivity contribution in [3.8, 4) is 0 Å². The first-order chi connectivity index (χ1) is 5.94. The Morgan fingerprint density at radius 2 is 2.23 bits per heavy atom. The van der Waals surface area contributed by atoms with Crippen molar-refractivity contribution >= 4 is 5.97 Å². The highest BCUT2D eigenvalue weighted by atomic mass is 16.4. The van der Waals surface area contributed by atoms with E-state index in [-0.39, 0.29) is 12.0 Å². The normalized spacial score (nSPS) is 26.9. The smallest absolute Gasteiger partial charge is 0.308 e. The van der Waals surface area contributed by atoms with Crippen LogP contribution in [0.4, 0.5) is 0 Å². The molecule has 0 bridgehead atoms. The fraction of sp³-hybridized carbons (Fsp3) is 0.875. The summed E-state index contributed by atoms with van der Waals surface area (Å²) in [6, 6.07) is 0. The molecule has 1 fully saturated rings. The van der Waals surface area contributed by atoms with Crippen molar-refractivity contribution in [1.29, 1.82) is 0 Å². The maximum absolute atomic E-state index is 10.7. The highest BCUT2D eigenvalue weighted by molar-refractivity contribution is 5.70. The Kier molecular flexibility index (Phi) is 2.54. The van der Waals surface area contributed by atoms with Crippen molar-refractivity contribution in [3.63, 3.8) is 0 Å². The molecule has 1 N–H and O–H groups in total. The minimum absolute atomic E-state index is 0.144. The zero-order valence-corrected chi connectivity index (χ0v) is 7.86. The highest BCUT2D eigenvalue weighted by Gasteiger charge is 2.36. The third kappa shape index (κ3) is 2.40. The maximum Gasteiger partial charge on any atom is 0.308 e. The first-order valence-electron chi connectivity index (χ1n) is 4.26. The molecule has 1 aliphatic rings. The number of hydrogen-bond acceptors (Lipinski definition) is 3. The van der Waals surface area contributed by atoms with Crippen LogP contribution in [0.3, 0.4) is 0 Å². The fourth-order valence-corrected chi connectivity index (χ4v) is 1.84. The van der Waals surface area contributed by atoms with E-state index in [1.807, 2.05) is 13.8 Å². The number of nitrogens with zero attached hydrogens (tertiary/aromatic N) is 2. The van der Waals surface area contributed by atoms with Crippen LogP contribution in [0.2, 0.25) is 0 Å². The summed E-state index contributed by atoms with van der Waals surface area (Å²) in [5.74, 6) is -1.32. The average Bonchev–Trinajstić information content (AvgIpc) is 2.01. The van der Waals surface area contributed by atoms with Crippen LogP contribution in [0.1, 0.15) is 20.3 Å². The summed E-state index contributed by atoms with van der Waals surface area (Å²) in [6.45, 7) is 4.67. The van der Waals surface area contributed by atoms with Crippen molar-refractivity contribution in [2.45, 2.75) is 20.3 Å². The number of carboxylic acids is 1. The molecule has 0 amide bonds. The second-order valence-electron chi connectivity index (χ2n) is 4.33. The van der Waals surface area contributed by atoms with Gasteiger partial charge < -0.3 is 5.11 Å². The van der Waals surface area contributed by atoms with Crippen molar-refractivity contribution in [3.05, 3.63) is 4.91 Å². The largest absolute Gasteiger partial charge is 0.481 e. The lowest BCUT2D eigenvalue weighted by molar-refractivity contribution is -0.145. The summed E-state index contributed by atoms with van der Waals surface area (Å²) in [4.78, 5) is 21.0. The Labute approximate surface area is 76.7 Å². The molecule has 5 nitrogen and oxygen atoms in total. The van der Waals surface area contributed by atoms with Gasteiger partial charge in [0.05, 0.1) is 17.7 Å². The lowest BCUT2D eigenvalue weighted by Gasteiger charge is -2.37. The van der Waals surface area contributed by atoms with E-state index >= 15 is 0 Å². The minimum Gasteiger partial charge on any atom is -0.481 e. The first-order valence-corrected chi connectivity index (χ1v) is 4.26. The Bertz CT molecular complexity index is 227. The molecule has 0 aromatic carbocycles. The van der Waals surface area contributed by atoms with Gasteiger partial charge in [-0.2, -0.15) is 0 Å². The number of rotatable bonds is 2. The van der Waals surface area contributed by atoms with E-state index in [1.165, 1.54) is 5.01 Å².